The summed E-state index contributed by atoms with van der Waals surface area (Å²) in [5.74, 6) is -14.0. The van der Waals surface area contributed by atoms with Crippen LogP contribution in [0.4, 0.5) is 0 Å². The molecule has 0 aliphatic carbocycles. The van der Waals surface area contributed by atoms with Gasteiger partial charge in [0.05, 0.1) is 45.3 Å². The maximum Gasteiger partial charge on any atom is 0.336 e. The first-order chi connectivity index (χ1) is 27.3. The van der Waals surface area contributed by atoms with Crippen LogP contribution in [-0.2, 0) is 13.1 Å². The summed E-state index contributed by atoms with van der Waals surface area (Å²) < 4.78 is 4.57. The maximum absolute atomic E-state index is 10.8. The Labute approximate surface area is 341 Å². The number of nitrogens with zero attached hydrogens (tertiary/aromatic N) is 2. The molecule has 0 saturated heterocycles. The highest BCUT2D eigenvalue weighted by Gasteiger charge is 2.25. The molecule has 4 aromatic rings. The lowest BCUT2D eigenvalue weighted by atomic mass is 9.98. The third-order valence-corrected chi connectivity index (χ3v) is 8.29. The van der Waals surface area contributed by atoms with Crippen LogP contribution in [0.5, 0.6) is 0 Å². The number of carboxylic acids is 8. The zero-order chi connectivity index (χ0) is 43.7. The second kappa shape index (κ2) is 24.9. The largest absolute Gasteiger partial charge is 0.545 e. The molecule has 0 spiro atoms. The molecule has 0 atom stereocenters. The van der Waals surface area contributed by atoms with Crippen LogP contribution in [0, 0.1) is 0 Å². The number of aromatic carboxylic acids is 8. The number of aromatic nitrogens is 2. The standard InChI is InChI=1S/C20H30N2.2C10H6O8.2H2O/c1-3-5-7-13-21-15-9-19(10-16-21)20-11-17-22(18-12-20)14-8-6-4-2;2*11-7(12)3-1-4(8(13)14)6(10(17)18)2-5(3)9(15)16;;/h9-12,15-18H,3-8,13-14H2,1-2H3;2*1-2H,(H,11,12)(H,13,14)(H,15,16)(H,17,18);2*1H2/q+2;;;;/p-2. The van der Waals surface area contributed by atoms with Crippen LogP contribution in [0.15, 0.2) is 73.3 Å². The van der Waals surface area contributed by atoms with E-state index in [9.17, 15) is 48.6 Å². The van der Waals surface area contributed by atoms with Gasteiger partial charge in [-0.2, -0.15) is 0 Å². The Morgan fingerprint density at radius 1 is 0.417 bits per heavy atom. The maximum atomic E-state index is 10.8. The van der Waals surface area contributed by atoms with E-state index < -0.39 is 92.3 Å². The summed E-state index contributed by atoms with van der Waals surface area (Å²) in [5, 5.41) is 73.7. The molecule has 0 amide bonds. The van der Waals surface area contributed by atoms with Crippen molar-refractivity contribution in [3.63, 3.8) is 0 Å². The van der Waals surface area contributed by atoms with Gasteiger partial charge in [0, 0.05) is 48.2 Å². The molecule has 60 heavy (non-hydrogen) atoms. The third kappa shape index (κ3) is 15.1. The molecule has 0 fully saturated rings. The third-order valence-electron chi connectivity index (χ3n) is 8.29. The van der Waals surface area contributed by atoms with E-state index in [-0.39, 0.29) is 11.0 Å². The predicted octanol–water partition coefficient (Wildman–Crippen LogP) is 0.949. The molecule has 0 aliphatic heterocycles. The number of aryl methyl sites for hydroxylation is 2. The van der Waals surface area contributed by atoms with Crippen molar-refractivity contribution < 1.29 is 99.3 Å². The first-order valence-corrected chi connectivity index (χ1v) is 17.5. The van der Waals surface area contributed by atoms with E-state index in [1.54, 1.807) is 0 Å². The Bertz CT molecular complexity index is 1830. The Balaban J connectivity index is 0.000000863. The molecule has 0 unspecified atom stereocenters. The minimum Gasteiger partial charge on any atom is -0.545 e. The van der Waals surface area contributed by atoms with Crippen LogP contribution in [0.25, 0.3) is 11.1 Å². The van der Waals surface area contributed by atoms with Crippen LogP contribution in [0.3, 0.4) is 0 Å². The van der Waals surface area contributed by atoms with E-state index in [2.05, 4.69) is 72.0 Å². The SMILES string of the molecule is CCCCC[n+]1ccc(-c2cc[n+](CCCCC)cc2)cc1.O.O.O=C(O)c1cc(C(=O)O)c(C(=O)O)cc1C(=O)O.O=C([O-])c1cc(C(=O)[O-])c(C(=O)O)cc1C(=O)O. The van der Waals surface area contributed by atoms with Gasteiger partial charge < -0.3 is 61.4 Å². The molecule has 4 rings (SSSR count). The van der Waals surface area contributed by atoms with Gasteiger partial charge >= 0.3 is 35.8 Å². The van der Waals surface area contributed by atoms with Crippen molar-refractivity contribution in [3.8, 4) is 11.1 Å². The van der Waals surface area contributed by atoms with Crippen molar-refractivity contribution in [2.45, 2.75) is 65.5 Å². The molecule has 0 bridgehead atoms. The lowest BCUT2D eigenvalue weighted by Crippen LogP contribution is -2.33. The summed E-state index contributed by atoms with van der Waals surface area (Å²) in [4.78, 5) is 85.9. The van der Waals surface area contributed by atoms with Crippen LogP contribution in [0.1, 0.15) is 135 Å². The summed E-state index contributed by atoms with van der Waals surface area (Å²) in [5.41, 5.74) is -4.18. The number of carbonyl (C=O) groups excluding carboxylic acids is 2. The number of hydrogen-bond acceptors (Lipinski definition) is 10. The number of unbranched alkanes of at least 4 members (excludes halogenated alkanes) is 4. The van der Waals surface area contributed by atoms with Crippen LogP contribution < -0.4 is 19.3 Å². The molecule has 0 aliphatic rings. The Morgan fingerprint density at radius 3 is 0.833 bits per heavy atom. The van der Waals surface area contributed by atoms with Gasteiger partial charge in [0.25, 0.3) is 0 Å². The van der Waals surface area contributed by atoms with Crippen LogP contribution in [0.2, 0.25) is 0 Å². The minimum absolute atomic E-state index is 0. The van der Waals surface area contributed by atoms with Gasteiger partial charge in [0.15, 0.2) is 24.8 Å². The van der Waals surface area contributed by atoms with Gasteiger partial charge in [-0.25, -0.2) is 37.9 Å². The molecular formula is C40H44N2O18. The van der Waals surface area contributed by atoms with Gasteiger partial charge in [-0.15, -0.1) is 0 Å². The summed E-state index contributed by atoms with van der Waals surface area (Å²) in [6, 6.07) is 10.7. The van der Waals surface area contributed by atoms with Crippen LogP contribution >= 0.6 is 0 Å². The van der Waals surface area contributed by atoms with E-state index >= 15 is 0 Å². The van der Waals surface area contributed by atoms with Crippen molar-refractivity contribution in [3.05, 3.63) is 118 Å². The van der Waals surface area contributed by atoms with Crippen molar-refractivity contribution in [2.24, 2.45) is 0 Å². The summed E-state index contributed by atoms with van der Waals surface area (Å²) in [6.07, 6.45) is 16.5. The van der Waals surface area contributed by atoms with Gasteiger partial charge in [0.1, 0.15) is 13.1 Å². The first kappa shape index (κ1) is 52.4. The average Bonchev–Trinajstić information content (AvgIpc) is 3.17. The Kier molecular flexibility index (Phi) is 21.8. The number of hydrogen-bond donors (Lipinski definition) is 6. The normalized spacial score (nSPS) is 9.83. The molecule has 10 N–H and O–H groups in total. The molecule has 0 radical (unpaired) electrons. The number of carboxylic acid groups (broad SMARTS) is 8. The monoisotopic (exact) mass is 840 g/mol. The highest BCUT2D eigenvalue weighted by atomic mass is 16.4. The fourth-order valence-corrected chi connectivity index (χ4v) is 5.29. The number of benzene rings is 2. The lowest BCUT2D eigenvalue weighted by molar-refractivity contribution is -0.697. The molecule has 20 heteroatoms. The van der Waals surface area contributed by atoms with Gasteiger partial charge in [0.2, 0.25) is 0 Å². The van der Waals surface area contributed by atoms with Crippen molar-refractivity contribution in [1.82, 2.24) is 0 Å². The highest BCUT2D eigenvalue weighted by Crippen LogP contribution is 2.20. The second-order valence-electron chi connectivity index (χ2n) is 12.4. The Hall–Kier alpha value is -7.58. The smallest absolute Gasteiger partial charge is 0.336 e. The molecular weight excluding hydrogens is 796 g/mol. The van der Waals surface area contributed by atoms with Gasteiger partial charge in [-0.05, 0) is 48.2 Å². The van der Waals surface area contributed by atoms with E-state index in [1.807, 2.05) is 0 Å². The minimum atomic E-state index is -1.94. The average molecular weight is 841 g/mol. The van der Waals surface area contributed by atoms with Gasteiger partial charge in [-0.3, -0.25) is 0 Å². The molecule has 322 valence electrons. The van der Waals surface area contributed by atoms with E-state index in [0.717, 1.165) is 13.1 Å². The van der Waals surface area contributed by atoms with E-state index in [0.29, 0.717) is 24.3 Å². The molecule has 2 aromatic heterocycles. The number of carbonyl (C=O) groups is 8. The fourth-order valence-electron chi connectivity index (χ4n) is 5.29. The summed E-state index contributed by atoms with van der Waals surface area (Å²) >= 11 is 0. The summed E-state index contributed by atoms with van der Waals surface area (Å²) in [6.45, 7) is 6.75. The zero-order valence-electron chi connectivity index (χ0n) is 32.2. The van der Waals surface area contributed by atoms with E-state index in [4.69, 9.17) is 30.6 Å². The number of pyridine rings is 2. The Morgan fingerprint density at radius 2 is 0.633 bits per heavy atom. The topological polar surface area (TPSA) is 375 Å². The van der Waals surface area contributed by atoms with Crippen molar-refractivity contribution in [2.75, 3.05) is 0 Å². The zero-order valence-corrected chi connectivity index (χ0v) is 32.2. The predicted molar refractivity (Wildman–Crippen MR) is 202 cm³/mol. The summed E-state index contributed by atoms with van der Waals surface area (Å²) in [7, 11) is 0. The fraction of sp³-hybridized carbons (Fsp3) is 0.250. The van der Waals surface area contributed by atoms with Gasteiger partial charge in [-0.1, -0.05) is 26.7 Å². The molecule has 20 nitrogen and oxygen atoms in total. The number of rotatable bonds is 17. The first-order valence-electron chi connectivity index (χ1n) is 17.5. The molecule has 0 saturated carbocycles. The quantitative estimate of drug-likeness (QED) is 0.0636. The van der Waals surface area contributed by atoms with Crippen molar-refractivity contribution >= 4 is 47.8 Å². The molecule has 2 aromatic carbocycles. The van der Waals surface area contributed by atoms with Crippen molar-refractivity contribution in [1.29, 1.82) is 0 Å². The van der Waals surface area contributed by atoms with Crippen LogP contribution in [-0.4, -0.2) is 89.3 Å². The highest BCUT2D eigenvalue weighted by molar-refractivity contribution is 6.09. The lowest BCUT2D eigenvalue weighted by Gasteiger charge is -2.13. The second-order valence-corrected chi connectivity index (χ2v) is 12.4. The molecule has 2 heterocycles. The van der Waals surface area contributed by atoms with E-state index in [1.165, 1.54) is 49.7 Å².